The molecule has 98 valence electrons. The molecule has 1 N–H and O–H groups in total. The normalized spacial score (nSPS) is 14.7. The second-order valence-corrected chi connectivity index (χ2v) is 6.54. The summed E-state index contributed by atoms with van der Waals surface area (Å²) in [5.41, 5.74) is 0. The van der Waals surface area contributed by atoms with Gasteiger partial charge < -0.3 is 0 Å². The lowest BCUT2D eigenvalue weighted by Crippen LogP contribution is -2.42. The Balaban J connectivity index is 4.18. The Kier molecular flexibility index (Phi) is 7.55. The molecule has 0 radical (unpaired) electrons. The van der Waals surface area contributed by atoms with Crippen LogP contribution in [-0.4, -0.2) is 37.7 Å². The van der Waals surface area contributed by atoms with Gasteiger partial charge in [0.05, 0.1) is 0 Å². The molecule has 0 aliphatic heterocycles. The fraction of sp³-hybridized carbons (Fsp3) is 1.00. The van der Waals surface area contributed by atoms with E-state index >= 15 is 0 Å². The summed E-state index contributed by atoms with van der Waals surface area (Å²) in [6.45, 7) is 9.00. The predicted molar refractivity (Wildman–Crippen MR) is 68.9 cm³/mol. The summed E-state index contributed by atoms with van der Waals surface area (Å²) in [5.74, 6) is 0.473. The maximum absolute atomic E-state index is 11.7. The topological polar surface area (TPSA) is 49.4 Å². The molecule has 0 rings (SSSR count). The monoisotopic (exact) mass is 270 g/mol. The van der Waals surface area contributed by atoms with Gasteiger partial charge in [0.1, 0.15) is 0 Å². The summed E-state index contributed by atoms with van der Waals surface area (Å²) >= 11 is 6.03. The first-order valence-electron chi connectivity index (χ1n) is 5.72. The molecule has 0 saturated heterocycles. The van der Waals surface area contributed by atoms with Gasteiger partial charge in [-0.2, -0.15) is 12.7 Å². The summed E-state index contributed by atoms with van der Waals surface area (Å²) in [6.07, 6.45) is 0.808. The third kappa shape index (κ3) is 6.03. The van der Waals surface area contributed by atoms with Crippen molar-refractivity contribution in [3.8, 4) is 0 Å². The SMILES string of the molecule is CCN(CC)S(=O)(=O)NCC(Cl)CC(C)C. The molecule has 1 unspecified atom stereocenters. The van der Waals surface area contributed by atoms with E-state index in [1.807, 2.05) is 13.8 Å². The van der Waals surface area contributed by atoms with Crippen LogP contribution in [0.15, 0.2) is 0 Å². The van der Waals surface area contributed by atoms with Gasteiger partial charge in [-0.15, -0.1) is 11.6 Å². The lowest BCUT2D eigenvalue weighted by Gasteiger charge is -2.20. The van der Waals surface area contributed by atoms with Crippen LogP contribution in [0.5, 0.6) is 0 Å². The van der Waals surface area contributed by atoms with Gasteiger partial charge in [-0.1, -0.05) is 27.7 Å². The smallest absolute Gasteiger partial charge is 0.201 e. The van der Waals surface area contributed by atoms with Crippen molar-refractivity contribution in [2.45, 2.75) is 39.5 Å². The van der Waals surface area contributed by atoms with Crippen LogP contribution in [0.25, 0.3) is 0 Å². The largest absolute Gasteiger partial charge is 0.279 e. The Hall–Kier alpha value is 0.160. The Morgan fingerprint density at radius 2 is 1.75 bits per heavy atom. The second kappa shape index (κ2) is 7.48. The van der Waals surface area contributed by atoms with Crippen LogP contribution in [0.1, 0.15) is 34.1 Å². The first kappa shape index (κ1) is 16.2. The van der Waals surface area contributed by atoms with Crippen molar-refractivity contribution >= 4 is 21.8 Å². The number of nitrogens with zero attached hydrogens (tertiary/aromatic N) is 1. The molecule has 4 nitrogen and oxygen atoms in total. The van der Waals surface area contributed by atoms with Gasteiger partial charge in [0.2, 0.25) is 0 Å². The van der Waals surface area contributed by atoms with Crippen molar-refractivity contribution in [2.24, 2.45) is 5.92 Å². The average Bonchev–Trinajstić information content (AvgIpc) is 2.15. The van der Waals surface area contributed by atoms with Crippen molar-refractivity contribution < 1.29 is 8.42 Å². The maximum Gasteiger partial charge on any atom is 0.279 e. The van der Waals surface area contributed by atoms with Gasteiger partial charge >= 0.3 is 0 Å². The average molecular weight is 271 g/mol. The van der Waals surface area contributed by atoms with Gasteiger partial charge in [0.25, 0.3) is 10.2 Å². The van der Waals surface area contributed by atoms with Crippen LogP contribution in [-0.2, 0) is 10.2 Å². The van der Waals surface area contributed by atoms with Crippen molar-refractivity contribution in [2.75, 3.05) is 19.6 Å². The van der Waals surface area contributed by atoms with Crippen LogP contribution < -0.4 is 4.72 Å². The number of alkyl halides is 1. The molecule has 6 heteroatoms. The van der Waals surface area contributed by atoms with Gasteiger partial charge in [-0.05, 0) is 12.3 Å². The molecule has 0 bridgehead atoms. The molecule has 1 atom stereocenters. The second-order valence-electron chi connectivity index (χ2n) is 4.16. The Morgan fingerprint density at radius 1 is 1.25 bits per heavy atom. The molecule has 0 aliphatic carbocycles. The Labute approximate surface area is 105 Å². The number of nitrogens with one attached hydrogen (secondary N) is 1. The highest BCUT2D eigenvalue weighted by Crippen LogP contribution is 2.10. The zero-order valence-electron chi connectivity index (χ0n) is 10.5. The third-order valence-corrected chi connectivity index (χ3v) is 4.32. The van der Waals surface area contributed by atoms with Crippen LogP contribution >= 0.6 is 11.6 Å². The number of rotatable bonds is 8. The standard InChI is InChI=1S/C10H23ClN2O2S/c1-5-13(6-2)16(14,15)12-8-10(11)7-9(3)4/h9-10,12H,5-8H2,1-4H3. The molecule has 0 aromatic rings. The molecule has 0 aliphatic rings. The zero-order chi connectivity index (χ0) is 12.8. The number of halogens is 1. The molecule has 0 spiro atoms. The molecule has 0 aromatic carbocycles. The van der Waals surface area contributed by atoms with Gasteiger partial charge in [-0.25, -0.2) is 4.72 Å². The molecule has 0 amide bonds. The van der Waals surface area contributed by atoms with E-state index in [-0.39, 0.29) is 5.38 Å². The van der Waals surface area contributed by atoms with E-state index < -0.39 is 10.2 Å². The highest BCUT2D eigenvalue weighted by Gasteiger charge is 2.19. The van der Waals surface area contributed by atoms with Crippen LogP contribution in [0.2, 0.25) is 0 Å². The fourth-order valence-electron chi connectivity index (χ4n) is 1.45. The maximum atomic E-state index is 11.7. The van der Waals surface area contributed by atoms with E-state index in [0.29, 0.717) is 25.6 Å². The van der Waals surface area contributed by atoms with Crippen molar-refractivity contribution in [1.29, 1.82) is 0 Å². The van der Waals surface area contributed by atoms with Crippen molar-refractivity contribution in [3.63, 3.8) is 0 Å². The first-order chi connectivity index (χ1) is 7.33. The highest BCUT2D eigenvalue weighted by molar-refractivity contribution is 7.87. The summed E-state index contributed by atoms with van der Waals surface area (Å²) in [4.78, 5) is 0. The lowest BCUT2D eigenvalue weighted by molar-refractivity contribution is 0.432. The van der Waals surface area contributed by atoms with Crippen LogP contribution in [0.4, 0.5) is 0 Å². The molecular weight excluding hydrogens is 248 g/mol. The summed E-state index contributed by atoms with van der Waals surface area (Å²) in [7, 11) is -3.35. The minimum Gasteiger partial charge on any atom is -0.201 e. The summed E-state index contributed by atoms with van der Waals surface area (Å²) < 4.78 is 27.4. The van der Waals surface area contributed by atoms with Crippen molar-refractivity contribution in [1.82, 2.24) is 9.03 Å². The van der Waals surface area contributed by atoms with Gasteiger partial charge in [0.15, 0.2) is 0 Å². The van der Waals surface area contributed by atoms with Gasteiger partial charge in [-0.3, -0.25) is 0 Å². The van der Waals surface area contributed by atoms with E-state index in [4.69, 9.17) is 11.6 Å². The van der Waals surface area contributed by atoms with E-state index in [1.54, 1.807) is 0 Å². The molecule has 0 saturated carbocycles. The van der Waals surface area contributed by atoms with E-state index in [0.717, 1.165) is 6.42 Å². The van der Waals surface area contributed by atoms with Crippen molar-refractivity contribution in [3.05, 3.63) is 0 Å². The highest BCUT2D eigenvalue weighted by atomic mass is 35.5. The molecule has 0 aromatic heterocycles. The Morgan fingerprint density at radius 3 is 2.12 bits per heavy atom. The van der Waals surface area contributed by atoms with Gasteiger partial charge in [0, 0.05) is 25.0 Å². The summed E-state index contributed by atoms with van der Waals surface area (Å²) in [6, 6.07) is 0. The van der Waals surface area contributed by atoms with Crippen LogP contribution in [0.3, 0.4) is 0 Å². The molecule has 0 heterocycles. The predicted octanol–water partition coefficient (Wildman–Crippen LogP) is 1.82. The Bertz CT molecular complexity index is 277. The lowest BCUT2D eigenvalue weighted by atomic mass is 10.1. The quantitative estimate of drug-likeness (QED) is 0.684. The third-order valence-electron chi connectivity index (χ3n) is 2.26. The minimum atomic E-state index is -3.35. The summed E-state index contributed by atoms with van der Waals surface area (Å²) in [5, 5.41) is -0.148. The number of hydrogen-bond acceptors (Lipinski definition) is 2. The number of hydrogen-bond donors (Lipinski definition) is 1. The van der Waals surface area contributed by atoms with E-state index in [1.165, 1.54) is 4.31 Å². The van der Waals surface area contributed by atoms with Crippen LogP contribution in [0, 0.1) is 5.92 Å². The van der Waals surface area contributed by atoms with E-state index in [9.17, 15) is 8.42 Å². The zero-order valence-corrected chi connectivity index (χ0v) is 12.1. The molecular formula is C10H23ClN2O2S. The first-order valence-corrected chi connectivity index (χ1v) is 7.59. The fourth-order valence-corrected chi connectivity index (χ4v) is 3.24. The molecule has 0 fully saturated rings. The molecule has 16 heavy (non-hydrogen) atoms. The van der Waals surface area contributed by atoms with E-state index in [2.05, 4.69) is 18.6 Å². The minimum absolute atomic E-state index is 0.148.